The third-order valence-corrected chi connectivity index (χ3v) is 10.9. The highest BCUT2D eigenvalue weighted by molar-refractivity contribution is 6.81. The van der Waals surface area contributed by atoms with Gasteiger partial charge in [-0.3, -0.25) is 0 Å². The molecular weight excluding hydrogens is 779 g/mol. The predicted molar refractivity (Wildman–Crippen MR) is 264 cm³/mol. The minimum atomic E-state index is -0.190. The Hall–Kier alpha value is -4.81. The summed E-state index contributed by atoms with van der Waals surface area (Å²) < 4.78 is 31.6. The van der Waals surface area contributed by atoms with Crippen LogP contribution in [0.5, 0.6) is 0 Å². The molecule has 0 amide bonds. The van der Waals surface area contributed by atoms with E-state index in [2.05, 4.69) is 203 Å². The summed E-state index contributed by atoms with van der Waals surface area (Å²) in [6, 6.07) is 55.2. The van der Waals surface area contributed by atoms with Crippen LogP contribution < -0.4 is 32.8 Å². The molecule has 0 bridgehead atoms. The molecule has 0 spiro atoms. The number of hydrogen-bond acceptors (Lipinski definition) is 8. The normalized spacial score (nSPS) is 11.4. The average molecular weight is 844 g/mol. The Morgan fingerprint density at radius 1 is 0.302 bits per heavy atom. The second-order valence-electron chi connectivity index (χ2n) is 16.9. The van der Waals surface area contributed by atoms with Crippen LogP contribution in [0.2, 0.25) is 0 Å². The van der Waals surface area contributed by atoms with Crippen LogP contribution in [0, 0.1) is 0 Å². The Labute approximate surface area is 378 Å². The Morgan fingerprint density at radius 2 is 0.524 bits per heavy atom. The minimum Gasteiger partial charge on any atom is -0.426 e. The molecule has 8 nitrogen and oxygen atoms in total. The second kappa shape index (κ2) is 25.5. The molecule has 0 saturated heterocycles. The highest BCUT2D eigenvalue weighted by Gasteiger charge is 2.24. The molecule has 0 aliphatic carbocycles. The van der Waals surface area contributed by atoms with Crippen LogP contribution in [-0.4, -0.2) is 117 Å². The molecule has 63 heavy (non-hydrogen) atoms. The Bertz CT molecular complexity index is 2010. The average Bonchev–Trinajstić information content (AvgIpc) is 3.30. The van der Waals surface area contributed by atoms with Crippen molar-refractivity contribution >= 4 is 53.5 Å². The van der Waals surface area contributed by atoms with E-state index >= 15 is 0 Å². The maximum Gasteiger partial charge on any atom is 0.361 e. The van der Waals surface area contributed by atoms with E-state index in [1.165, 1.54) is 0 Å². The molecule has 6 aromatic rings. The number of hydrogen-bond donors (Lipinski definition) is 0. The molecule has 0 unspecified atom stereocenters. The number of nitrogens with zero attached hydrogens (tertiary/aromatic N) is 3. The van der Waals surface area contributed by atoms with Crippen LogP contribution >= 0.6 is 0 Å². The van der Waals surface area contributed by atoms with Gasteiger partial charge in [-0.05, 0) is 97.3 Å². The quantitative estimate of drug-likeness (QED) is 0.0756. The van der Waals surface area contributed by atoms with Gasteiger partial charge in [-0.2, -0.15) is 0 Å². The van der Waals surface area contributed by atoms with Crippen molar-refractivity contribution in [3.05, 3.63) is 180 Å². The smallest absolute Gasteiger partial charge is 0.361 e. The van der Waals surface area contributed by atoms with Crippen molar-refractivity contribution in [2.45, 2.75) is 26.4 Å². The molecule has 6 aromatic carbocycles. The zero-order valence-electron chi connectivity index (χ0n) is 38.2. The molecule has 0 aliphatic heterocycles. The predicted octanol–water partition coefficient (Wildman–Crippen LogP) is 4.17. The van der Waals surface area contributed by atoms with Gasteiger partial charge in [-0.25, -0.2) is 0 Å². The fourth-order valence-electron chi connectivity index (χ4n) is 7.20. The zero-order chi connectivity index (χ0) is 44.2. The molecule has 0 atom stereocenters. The minimum absolute atomic E-state index is 0.110. The van der Waals surface area contributed by atoms with E-state index in [0.29, 0.717) is 46.2 Å². The van der Waals surface area contributed by atoms with E-state index in [-0.39, 0.29) is 20.7 Å². The molecule has 326 valence electrons. The van der Waals surface area contributed by atoms with Gasteiger partial charge < -0.3 is 38.1 Å². The number of benzene rings is 6. The molecular formula is C52H64B3N3O5. The fraction of sp³-hybridized carbons (Fsp3) is 0.308. The van der Waals surface area contributed by atoms with E-state index in [0.717, 1.165) is 74.7 Å². The van der Waals surface area contributed by atoms with Gasteiger partial charge in [0.05, 0.1) is 26.4 Å². The van der Waals surface area contributed by atoms with Crippen LogP contribution in [0.3, 0.4) is 0 Å². The summed E-state index contributed by atoms with van der Waals surface area (Å²) in [5, 5.41) is 0. The molecule has 0 fully saturated rings. The highest BCUT2D eigenvalue weighted by Crippen LogP contribution is 2.09. The van der Waals surface area contributed by atoms with Gasteiger partial charge >= 0.3 is 20.7 Å². The first kappa shape index (κ1) is 47.7. The maximum absolute atomic E-state index is 6.53. The molecule has 11 heteroatoms. The van der Waals surface area contributed by atoms with Crippen molar-refractivity contribution in [2.75, 3.05) is 81.7 Å². The molecule has 0 heterocycles. The molecule has 6 rings (SSSR count). The molecule has 0 aromatic heterocycles. The monoisotopic (exact) mass is 844 g/mol. The van der Waals surface area contributed by atoms with Crippen LogP contribution in [0.1, 0.15) is 22.3 Å². The van der Waals surface area contributed by atoms with Crippen LogP contribution in [0.25, 0.3) is 0 Å². The van der Waals surface area contributed by atoms with Crippen molar-refractivity contribution in [2.24, 2.45) is 0 Å². The molecule has 0 aliphatic rings. The van der Waals surface area contributed by atoms with Crippen molar-refractivity contribution < 1.29 is 23.4 Å². The van der Waals surface area contributed by atoms with Gasteiger partial charge in [0.15, 0.2) is 0 Å². The number of rotatable bonds is 26. The maximum atomic E-state index is 6.53. The van der Waals surface area contributed by atoms with Crippen molar-refractivity contribution in [3.8, 4) is 0 Å². The highest BCUT2D eigenvalue weighted by atomic mass is 16.5. The van der Waals surface area contributed by atoms with Crippen LogP contribution in [0.4, 0.5) is 0 Å². The van der Waals surface area contributed by atoms with Crippen LogP contribution in [0.15, 0.2) is 158 Å². The number of ether oxygens (including phenoxy) is 2. The van der Waals surface area contributed by atoms with Crippen molar-refractivity contribution in [3.63, 3.8) is 0 Å². The van der Waals surface area contributed by atoms with E-state index < -0.39 is 0 Å². The standard InChI is InChI=1S/C52H64B3N3O5/c1-56(2)33-36-61-53(47-13-9-7-10-14-47)49-25-17-43(18-26-49)39-59-41-45-21-29-51(30-22-45)55(63-38-35-58(5)6)52-31-23-46(24-32-52)42-60-40-44-19-27-50(28-20-44)54(62-37-34-57(3)4)48-15-11-8-12-16-48/h7-32H,33-42H2,1-6H3. The fourth-order valence-corrected chi connectivity index (χ4v) is 7.20. The third kappa shape index (κ3) is 15.7. The van der Waals surface area contributed by atoms with Gasteiger partial charge in [-0.15, -0.1) is 0 Å². The van der Waals surface area contributed by atoms with Crippen molar-refractivity contribution in [1.82, 2.24) is 14.7 Å². The summed E-state index contributed by atoms with van der Waals surface area (Å²) in [7, 11) is 12.4. The lowest BCUT2D eigenvalue weighted by Crippen LogP contribution is -2.46. The lowest BCUT2D eigenvalue weighted by atomic mass is 9.55. The van der Waals surface area contributed by atoms with Crippen molar-refractivity contribution in [1.29, 1.82) is 0 Å². The van der Waals surface area contributed by atoms with E-state index in [4.69, 9.17) is 23.4 Å². The van der Waals surface area contributed by atoms with Gasteiger partial charge in [0, 0.05) is 39.5 Å². The summed E-state index contributed by atoms with van der Waals surface area (Å²) in [6.07, 6.45) is 0. The Kier molecular flexibility index (Phi) is 19.3. The summed E-state index contributed by atoms with van der Waals surface area (Å²) in [6.45, 7) is 6.19. The Morgan fingerprint density at radius 3 is 0.746 bits per heavy atom. The summed E-state index contributed by atoms with van der Waals surface area (Å²) in [5.74, 6) is 0. The Balaban J connectivity index is 1.01. The van der Waals surface area contributed by atoms with E-state index in [1.807, 2.05) is 12.1 Å². The van der Waals surface area contributed by atoms with Crippen LogP contribution in [-0.2, 0) is 49.9 Å². The van der Waals surface area contributed by atoms with Gasteiger partial charge in [-0.1, -0.05) is 158 Å². The SMILES string of the molecule is CN(C)CCOB(c1ccccc1)c1ccc(COCc2ccc(B(OCCN(C)C)c3ccc(COCc4ccc(B(OCCN(C)C)c5ccccc5)cc4)cc3)cc2)cc1. The lowest BCUT2D eigenvalue weighted by molar-refractivity contribution is 0.107. The van der Waals surface area contributed by atoms with Gasteiger partial charge in [0.1, 0.15) is 0 Å². The molecule has 0 saturated carbocycles. The molecule has 0 N–H and O–H groups in total. The summed E-state index contributed by atoms with van der Waals surface area (Å²) in [4.78, 5) is 6.42. The first-order valence-corrected chi connectivity index (χ1v) is 22.1. The summed E-state index contributed by atoms with van der Waals surface area (Å²) >= 11 is 0. The first-order chi connectivity index (χ1) is 30.7. The third-order valence-electron chi connectivity index (χ3n) is 10.9. The first-order valence-electron chi connectivity index (χ1n) is 22.1. The lowest BCUT2D eigenvalue weighted by Gasteiger charge is -2.18. The summed E-state index contributed by atoms with van der Waals surface area (Å²) in [5.41, 5.74) is 11.3. The van der Waals surface area contributed by atoms with Gasteiger partial charge in [0.25, 0.3) is 0 Å². The van der Waals surface area contributed by atoms with E-state index in [1.54, 1.807) is 0 Å². The second-order valence-corrected chi connectivity index (χ2v) is 16.9. The topological polar surface area (TPSA) is 55.9 Å². The molecule has 0 radical (unpaired) electrons. The number of likely N-dealkylation sites (N-methyl/N-ethyl adjacent to an activating group) is 3. The van der Waals surface area contributed by atoms with E-state index in [9.17, 15) is 0 Å². The largest absolute Gasteiger partial charge is 0.426 e. The van der Waals surface area contributed by atoms with Gasteiger partial charge in [0.2, 0.25) is 0 Å². The zero-order valence-corrected chi connectivity index (χ0v) is 38.2.